The van der Waals surface area contributed by atoms with Gasteiger partial charge in [-0.25, -0.2) is 0 Å². The lowest BCUT2D eigenvalue weighted by Crippen LogP contribution is -2.20. The van der Waals surface area contributed by atoms with Crippen LogP contribution in [0.4, 0.5) is 5.69 Å². The summed E-state index contributed by atoms with van der Waals surface area (Å²) in [5.41, 5.74) is 2.99. The Balaban J connectivity index is 1.96. The average Bonchev–Trinajstić information content (AvgIpc) is 2.36. The molecule has 1 aliphatic carbocycles. The van der Waals surface area contributed by atoms with Crippen LogP contribution in [-0.2, 0) is 0 Å². The summed E-state index contributed by atoms with van der Waals surface area (Å²) in [5, 5.41) is 12.9. The molecule has 0 spiro atoms. The summed E-state index contributed by atoms with van der Waals surface area (Å²) in [6.45, 7) is 5.42. The first-order valence-electron chi connectivity index (χ1n) is 6.69. The molecule has 3 heteroatoms. The first kappa shape index (κ1) is 14.0. The second-order valence-electron chi connectivity index (χ2n) is 5.48. The van der Waals surface area contributed by atoms with Gasteiger partial charge in [0.2, 0.25) is 0 Å². The summed E-state index contributed by atoms with van der Waals surface area (Å²) in [7, 11) is 0. The van der Waals surface area contributed by atoms with Crippen molar-refractivity contribution in [2.45, 2.75) is 26.7 Å². The third-order valence-corrected chi connectivity index (χ3v) is 3.90. The normalized spacial score (nSPS) is 22.5. The average molecular weight is 275 g/mol. The van der Waals surface area contributed by atoms with E-state index < -0.39 is 0 Å². The molecule has 2 unspecified atom stereocenters. The van der Waals surface area contributed by atoms with Crippen molar-refractivity contribution < 1.29 is 0 Å². The number of benzene rings is 1. The molecule has 0 amide bonds. The minimum Gasteiger partial charge on any atom is -0.385 e. The lowest BCUT2D eigenvalue weighted by atomic mass is 9.84. The van der Waals surface area contributed by atoms with E-state index in [1.165, 1.54) is 12.0 Å². The number of allylic oxidation sites excluding steroid dienone is 2. The summed E-state index contributed by atoms with van der Waals surface area (Å²) in [6, 6.07) is 7.63. The largest absolute Gasteiger partial charge is 0.385 e. The van der Waals surface area contributed by atoms with Crippen LogP contribution < -0.4 is 5.32 Å². The number of nitrogens with one attached hydrogen (secondary N) is 1. The fourth-order valence-corrected chi connectivity index (χ4v) is 2.98. The highest BCUT2D eigenvalue weighted by atomic mass is 35.5. The molecule has 19 heavy (non-hydrogen) atoms. The van der Waals surface area contributed by atoms with Crippen molar-refractivity contribution in [3.05, 3.63) is 40.4 Å². The summed E-state index contributed by atoms with van der Waals surface area (Å²) in [4.78, 5) is 0. The van der Waals surface area contributed by atoms with E-state index >= 15 is 0 Å². The third-order valence-electron chi connectivity index (χ3n) is 3.57. The summed E-state index contributed by atoms with van der Waals surface area (Å²) < 4.78 is 0. The fourth-order valence-electron chi connectivity index (χ4n) is 2.82. The standard InChI is InChI=1S/C16H19ClN2/c1-11-5-12(2)7-13(6-11)10-19-15-3-4-16(17)14(8-15)9-18/h3-5,8,11,13,19H,6-7,10H2,1-2H3. The van der Waals surface area contributed by atoms with E-state index in [1.54, 1.807) is 6.07 Å². The van der Waals surface area contributed by atoms with E-state index in [9.17, 15) is 0 Å². The predicted molar refractivity (Wildman–Crippen MR) is 80.3 cm³/mol. The Morgan fingerprint density at radius 3 is 2.95 bits per heavy atom. The van der Waals surface area contributed by atoms with Gasteiger partial charge in [-0.2, -0.15) is 5.26 Å². The Morgan fingerprint density at radius 1 is 1.47 bits per heavy atom. The Morgan fingerprint density at radius 2 is 2.26 bits per heavy atom. The SMILES string of the molecule is CC1=CC(C)CC(CNc2ccc(Cl)c(C#N)c2)C1. The molecule has 1 aromatic rings. The van der Waals surface area contributed by atoms with Gasteiger partial charge < -0.3 is 5.32 Å². The monoisotopic (exact) mass is 274 g/mol. The van der Waals surface area contributed by atoms with Crippen LogP contribution >= 0.6 is 11.6 Å². The van der Waals surface area contributed by atoms with Crippen LogP contribution in [0.15, 0.2) is 29.8 Å². The topological polar surface area (TPSA) is 35.8 Å². The Kier molecular flexibility index (Phi) is 4.50. The second-order valence-corrected chi connectivity index (χ2v) is 5.89. The number of rotatable bonds is 3. The molecule has 2 nitrogen and oxygen atoms in total. The molecule has 0 heterocycles. The number of nitrogens with zero attached hydrogens (tertiary/aromatic N) is 1. The quantitative estimate of drug-likeness (QED) is 0.817. The molecule has 100 valence electrons. The number of hydrogen-bond acceptors (Lipinski definition) is 2. The Labute approximate surface area is 120 Å². The molecule has 0 fully saturated rings. The van der Waals surface area contributed by atoms with Crippen LogP contribution in [0, 0.1) is 23.2 Å². The third kappa shape index (κ3) is 3.75. The van der Waals surface area contributed by atoms with Crippen LogP contribution in [0.3, 0.4) is 0 Å². The summed E-state index contributed by atoms with van der Waals surface area (Å²) in [5.74, 6) is 1.33. The van der Waals surface area contributed by atoms with Gasteiger partial charge in [-0.1, -0.05) is 30.2 Å². The molecular weight excluding hydrogens is 256 g/mol. The second kappa shape index (κ2) is 6.12. The zero-order valence-corrected chi connectivity index (χ0v) is 12.2. The van der Waals surface area contributed by atoms with E-state index in [0.29, 0.717) is 22.4 Å². The zero-order valence-electron chi connectivity index (χ0n) is 11.4. The highest BCUT2D eigenvalue weighted by Crippen LogP contribution is 2.28. The molecule has 0 bridgehead atoms. The number of halogens is 1. The van der Waals surface area contributed by atoms with E-state index in [4.69, 9.17) is 16.9 Å². The number of anilines is 1. The summed E-state index contributed by atoms with van der Waals surface area (Å²) >= 11 is 5.93. The highest BCUT2D eigenvalue weighted by molar-refractivity contribution is 6.31. The fraction of sp³-hybridized carbons (Fsp3) is 0.438. The van der Waals surface area contributed by atoms with Crippen LogP contribution in [-0.4, -0.2) is 6.54 Å². The van der Waals surface area contributed by atoms with Gasteiger partial charge in [-0.15, -0.1) is 0 Å². The minimum atomic E-state index is 0.512. The van der Waals surface area contributed by atoms with Crippen molar-refractivity contribution in [2.24, 2.45) is 11.8 Å². The van der Waals surface area contributed by atoms with Crippen molar-refractivity contribution >= 4 is 17.3 Å². The van der Waals surface area contributed by atoms with Crippen molar-refractivity contribution in [1.82, 2.24) is 0 Å². The number of nitriles is 1. The van der Waals surface area contributed by atoms with Crippen LogP contribution in [0.5, 0.6) is 0 Å². The molecule has 2 rings (SSSR count). The van der Waals surface area contributed by atoms with Gasteiger partial charge in [0.25, 0.3) is 0 Å². The molecule has 0 aliphatic heterocycles. The molecule has 1 aliphatic rings. The zero-order chi connectivity index (χ0) is 13.8. The van der Waals surface area contributed by atoms with Gasteiger partial charge in [0, 0.05) is 12.2 Å². The lowest BCUT2D eigenvalue weighted by molar-refractivity contribution is 0.421. The van der Waals surface area contributed by atoms with Gasteiger partial charge in [-0.3, -0.25) is 0 Å². The van der Waals surface area contributed by atoms with Crippen molar-refractivity contribution in [2.75, 3.05) is 11.9 Å². The first-order valence-corrected chi connectivity index (χ1v) is 7.07. The molecule has 2 atom stereocenters. The molecule has 1 aromatic carbocycles. The maximum atomic E-state index is 8.96. The molecule has 0 saturated carbocycles. The van der Waals surface area contributed by atoms with Crippen LogP contribution in [0.1, 0.15) is 32.3 Å². The van der Waals surface area contributed by atoms with Gasteiger partial charge in [0.1, 0.15) is 6.07 Å². The maximum Gasteiger partial charge on any atom is 0.101 e. The summed E-state index contributed by atoms with van der Waals surface area (Å²) in [6.07, 6.45) is 4.76. The van der Waals surface area contributed by atoms with Crippen molar-refractivity contribution in [3.8, 4) is 6.07 Å². The smallest absolute Gasteiger partial charge is 0.101 e. The lowest BCUT2D eigenvalue weighted by Gasteiger charge is -2.26. The first-order chi connectivity index (χ1) is 9.08. The van der Waals surface area contributed by atoms with Crippen molar-refractivity contribution in [3.63, 3.8) is 0 Å². The molecule has 0 saturated heterocycles. The van der Waals surface area contributed by atoms with Crippen LogP contribution in [0.25, 0.3) is 0 Å². The molecule has 0 aromatic heterocycles. The minimum absolute atomic E-state index is 0.512. The van der Waals surface area contributed by atoms with E-state index in [0.717, 1.165) is 18.7 Å². The maximum absolute atomic E-state index is 8.96. The Hall–Kier alpha value is -1.46. The Bertz CT molecular complexity index is 528. The van der Waals surface area contributed by atoms with Crippen molar-refractivity contribution in [1.29, 1.82) is 5.26 Å². The predicted octanol–water partition coefficient (Wildman–Crippen LogP) is 4.62. The van der Waals surface area contributed by atoms with Gasteiger partial charge in [-0.05, 0) is 49.8 Å². The van der Waals surface area contributed by atoms with E-state index in [2.05, 4.69) is 31.3 Å². The highest BCUT2D eigenvalue weighted by Gasteiger charge is 2.17. The molecular formula is C16H19ClN2. The van der Waals surface area contributed by atoms with Gasteiger partial charge >= 0.3 is 0 Å². The number of hydrogen-bond donors (Lipinski definition) is 1. The molecule has 0 radical (unpaired) electrons. The van der Waals surface area contributed by atoms with Gasteiger partial charge in [0.15, 0.2) is 0 Å². The van der Waals surface area contributed by atoms with Gasteiger partial charge in [0.05, 0.1) is 10.6 Å². The van der Waals surface area contributed by atoms with E-state index in [-0.39, 0.29) is 0 Å². The van der Waals surface area contributed by atoms with Crippen LogP contribution in [0.2, 0.25) is 5.02 Å². The molecule has 1 N–H and O–H groups in total. The van der Waals surface area contributed by atoms with E-state index in [1.807, 2.05) is 12.1 Å².